The van der Waals surface area contributed by atoms with Crippen LogP contribution in [-0.2, 0) is 4.74 Å². The van der Waals surface area contributed by atoms with Crippen LogP contribution >= 0.6 is 11.6 Å². The van der Waals surface area contributed by atoms with Crippen LogP contribution in [0.3, 0.4) is 0 Å². The molecule has 0 aliphatic carbocycles. The molecule has 0 saturated carbocycles. The zero-order valence-electron chi connectivity index (χ0n) is 13.0. The summed E-state index contributed by atoms with van der Waals surface area (Å²) < 4.78 is 5.36. The Bertz CT molecular complexity index is 653. The van der Waals surface area contributed by atoms with Crippen LogP contribution in [0.2, 0.25) is 5.02 Å². The van der Waals surface area contributed by atoms with Gasteiger partial charge in [-0.05, 0) is 50.5 Å². The number of amides is 1. The van der Waals surface area contributed by atoms with Crippen LogP contribution in [0, 0.1) is 11.3 Å². The highest BCUT2D eigenvalue weighted by Crippen LogP contribution is 2.29. The third-order valence-corrected chi connectivity index (χ3v) is 3.54. The zero-order chi connectivity index (χ0) is 16.3. The molecule has 5 heteroatoms. The summed E-state index contributed by atoms with van der Waals surface area (Å²) in [5.74, 6) is 0. The molecule has 4 nitrogen and oxygen atoms in total. The van der Waals surface area contributed by atoms with Crippen LogP contribution < -0.4 is 0 Å². The monoisotopic (exact) mass is 318 g/mol. The van der Waals surface area contributed by atoms with Gasteiger partial charge in [-0.15, -0.1) is 0 Å². The Morgan fingerprint density at radius 1 is 1.41 bits per heavy atom. The molecule has 1 aromatic carbocycles. The first-order valence-electron chi connectivity index (χ1n) is 7.16. The van der Waals surface area contributed by atoms with E-state index in [4.69, 9.17) is 16.3 Å². The van der Waals surface area contributed by atoms with Crippen molar-refractivity contribution in [3.63, 3.8) is 0 Å². The maximum atomic E-state index is 12.1. The number of ether oxygens (including phenoxy) is 1. The van der Waals surface area contributed by atoms with Crippen molar-refractivity contribution >= 4 is 23.3 Å². The van der Waals surface area contributed by atoms with Crippen LogP contribution in [0.25, 0.3) is 5.57 Å². The number of carbonyl (C=O) groups excluding carboxylic acids is 1. The molecule has 1 aliphatic rings. The predicted octanol–water partition coefficient (Wildman–Crippen LogP) is 4.26. The second-order valence-electron chi connectivity index (χ2n) is 6.23. The number of hydrogen-bond donors (Lipinski definition) is 0. The van der Waals surface area contributed by atoms with Gasteiger partial charge in [0.25, 0.3) is 0 Å². The van der Waals surface area contributed by atoms with Gasteiger partial charge in [-0.2, -0.15) is 5.26 Å². The molecule has 0 aromatic heterocycles. The molecule has 116 valence electrons. The van der Waals surface area contributed by atoms with Gasteiger partial charge in [-0.1, -0.05) is 23.7 Å². The lowest BCUT2D eigenvalue weighted by Crippen LogP contribution is -2.40. The Hall–Kier alpha value is -1.99. The van der Waals surface area contributed by atoms with E-state index in [0.29, 0.717) is 23.6 Å². The summed E-state index contributed by atoms with van der Waals surface area (Å²) in [6.45, 7) is 6.28. The van der Waals surface area contributed by atoms with E-state index < -0.39 is 5.60 Å². The summed E-state index contributed by atoms with van der Waals surface area (Å²) in [6, 6.07) is 9.64. The maximum Gasteiger partial charge on any atom is 0.410 e. The third kappa shape index (κ3) is 4.02. The molecule has 0 spiro atoms. The van der Waals surface area contributed by atoms with E-state index in [1.54, 1.807) is 11.0 Å². The number of nitriles is 1. The van der Waals surface area contributed by atoms with Crippen molar-refractivity contribution in [3.8, 4) is 6.07 Å². The second kappa shape index (κ2) is 6.41. The standard InChI is InChI=1S/C17H19ClN2O2/c1-17(2,3)22-16(21)20-8-7-15(13(10-19)11-20)12-5-4-6-14(18)9-12/h4-6,9H,7-8,11H2,1-3H3. The normalized spacial score (nSPS) is 15.5. The number of benzene rings is 1. The molecule has 1 aliphatic heterocycles. The molecule has 1 aromatic rings. The SMILES string of the molecule is CC(C)(C)OC(=O)N1CCC(c2cccc(Cl)c2)=C(C#N)C1. The van der Waals surface area contributed by atoms with Crippen LogP contribution in [0.5, 0.6) is 0 Å². The van der Waals surface area contributed by atoms with E-state index >= 15 is 0 Å². The first-order valence-corrected chi connectivity index (χ1v) is 7.54. The first-order chi connectivity index (χ1) is 10.3. The lowest BCUT2D eigenvalue weighted by atomic mass is 9.94. The van der Waals surface area contributed by atoms with E-state index in [-0.39, 0.29) is 12.6 Å². The fraction of sp³-hybridized carbons (Fsp3) is 0.412. The number of carbonyl (C=O) groups is 1. The molecule has 1 heterocycles. The topological polar surface area (TPSA) is 53.3 Å². The highest BCUT2D eigenvalue weighted by Gasteiger charge is 2.27. The molecule has 0 unspecified atom stereocenters. The van der Waals surface area contributed by atoms with Crippen molar-refractivity contribution in [2.75, 3.05) is 13.1 Å². The lowest BCUT2D eigenvalue weighted by molar-refractivity contribution is 0.0267. The summed E-state index contributed by atoms with van der Waals surface area (Å²) in [7, 11) is 0. The van der Waals surface area contributed by atoms with Crippen LogP contribution in [0.1, 0.15) is 32.8 Å². The van der Waals surface area contributed by atoms with Crippen molar-refractivity contribution in [2.45, 2.75) is 32.8 Å². The molecule has 0 atom stereocenters. The minimum absolute atomic E-state index is 0.271. The Balaban J connectivity index is 2.22. The van der Waals surface area contributed by atoms with E-state index in [2.05, 4.69) is 6.07 Å². The van der Waals surface area contributed by atoms with Gasteiger partial charge in [0, 0.05) is 11.6 Å². The van der Waals surface area contributed by atoms with Gasteiger partial charge < -0.3 is 9.64 Å². The molecular weight excluding hydrogens is 300 g/mol. The molecule has 0 bridgehead atoms. The number of hydrogen-bond acceptors (Lipinski definition) is 3. The second-order valence-corrected chi connectivity index (χ2v) is 6.67. The fourth-order valence-electron chi connectivity index (χ4n) is 2.34. The van der Waals surface area contributed by atoms with Gasteiger partial charge in [-0.3, -0.25) is 0 Å². The molecule has 0 saturated heterocycles. The Morgan fingerprint density at radius 3 is 2.73 bits per heavy atom. The van der Waals surface area contributed by atoms with Crippen molar-refractivity contribution < 1.29 is 9.53 Å². The molecule has 0 fully saturated rings. The highest BCUT2D eigenvalue weighted by atomic mass is 35.5. The zero-order valence-corrected chi connectivity index (χ0v) is 13.8. The van der Waals surface area contributed by atoms with Crippen molar-refractivity contribution in [2.24, 2.45) is 0 Å². The lowest BCUT2D eigenvalue weighted by Gasteiger charge is -2.31. The van der Waals surface area contributed by atoms with E-state index in [1.807, 2.05) is 39.0 Å². The van der Waals surface area contributed by atoms with Crippen molar-refractivity contribution in [1.82, 2.24) is 4.90 Å². The number of rotatable bonds is 1. The molecule has 0 N–H and O–H groups in total. The molecular formula is C17H19ClN2O2. The summed E-state index contributed by atoms with van der Waals surface area (Å²) >= 11 is 6.02. The maximum absolute atomic E-state index is 12.1. The molecule has 22 heavy (non-hydrogen) atoms. The number of nitrogens with zero attached hydrogens (tertiary/aromatic N) is 2. The summed E-state index contributed by atoms with van der Waals surface area (Å²) in [5.41, 5.74) is 1.93. The van der Waals surface area contributed by atoms with E-state index in [1.165, 1.54) is 0 Å². The summed E-state index contributed by atoms with van der Waals surface area (Å²) in [5, 5.41) is 10.0. The van der Waals surface area contributed by atoms with Gasteiger partial charge in [-0.25, -0.2) is 4.79 Å². The molecule has 1 amide bonds. The summed E-state index contributed by atoms with van der Waals surface area (Å²) in [6.07, 6.45) is 0.230. The molecule has 0 radical (unpaired) electrons. The minimum atomic E-state index is -0.541. The smallest absolute Gasteiger partial charge is 0.410 e. The van der Waals surface area contributed by atoms with Gasteiger partial charge in [0.1, 0.15) is 5.60 Å². The highest BCUT2D eigenvalue weighted by molar-refractivity contribution is 6.30. The predicted molar refractivity (Wildman–Crippen MR) is 86.4 cm³/mol. The van der Waals surface area contributed by atoms with Crippen LogP contribution in [0.15, 0.2) is 29.8 Å². The van der Waals surface area contributed by atoms with Crippen molar-refractivity contribution in [1.29, 1.82) is 5.26 Å². The first kappa shape index (κ1) is 16.4. The van der Waals surface area contributed by atoms with Crippen LogP contribution in [-0.4, -0.2) is 29.7 Å². The average Bonchev–Trinajstić information content (AvgIpc) is 2.44. The fourth-order valence-corrected chi connectivity index (χ4v) is 2.53. The van der Waals surface area contributed by atoms with E-state index in [0.717, 1.165) is 11.1 Å². The quantitative estimate of drug-likeness (QED) is 0.777. The van der Waals surface area contributed by atoms with Crippen molar-refractivity contribution in [3.05, 3.63) is 40.4 Å². The Kier molecular flexibility index (Phi) is 4.77. The van der Waals surface area contributed by atoms with Gasteiger partial charge in [0.15, 0.2) is 0 Å². The Morgan fingerprint density at radius 2 is 2.14 bits per heavy atom. The van der Waals surface area contributed by atoms with Gasteiger partial charge in [0.05, 0.1) is 18.2 Å². The number of halogens is 1. The minimum Gasteiger partial charge on any atom is -0.444 e. The van der Waals surface area contributed by atoms with E-state index in [9.17, 15) is 10.1 Å². The molecule has 2 rings (SSSR count). The van der Waals surface area contributed by atoms with Gasteiger partial charge >= 0.3 is 6.09 Å². The average molecular weight is 319 g/mol. The third-order valence-electron chi connectivity index (χ3n) is 3.30. The van der Waals surface area contributed by atoms with Gasteiger partial charge in [0.2, 0.25) is 0 Å². The Labute approximate surface area is 135 Å². The van der Waals surface area contributed by atoms with Crippen LogP contribution in [0.4, 0.5) is 4.79 Å². The summed E-state index contributed by atoms with van der Waals surface area (Å²) in [4.78, 5) is 13.7. The largest absolute Gasteiger partial charge is 0.444 e.